The number of sulfonamides is 1. The van der Waals surface area contributed by atoms with Crippen molar-refractivity contribution in [2.45, 2.75) is 56.7 Å². The van der Waals surface area contributed by atoms with Crippen molar-refractivity contribution in [1.82, 2.24) is 4.72 Å². The van der Waals surface area contributed by atoms with E-state index in [-0.39, 0.29) is 12.5 Å². The van der Waals surface area contributed by atoms with Gasteiger partial charge in [0.2, 0.25) is 10.0 Å². The molecule has 0 saturated carbocycles. The number of carbonyl (C=O) groups excluding carboxylic acids is 1. The lowest BCUT2D eigenvalue weighted by Crippen LogP contribution is -2.53. The number of rotatable bonds is 7. The molecule has 0 spiro atoms. The summed E-state index contributed by atoms with van der Waals surface area (Å²) in [5, 5.41) is 0. The van der Waals surface area contributed by atoms with Crippen molar-refractivity contribution in [2.24, 2.45) is 5.92 Å². The van der Waals surface area contributed by atoms with E-state index in [2.05, 4.69) is 4.72 Å². The van der Waals surface area contributed by atoms with Crippen molar-refractivity contribution < 1.29 is 17.9 Å². The molecule has 0 aromatic rings. The van der Waals surface area contributed by atoms with E-state index >= 15 is 0 Å². The zero-order valence-electron chi connectivity index (χ0n) is 13.8. The lowest BCUT2D eigenvalue weighted by Gasteiger charge is -2.33. The third-order valence-electron chi connectivity index (χ3n) is 2.90. The SMILES string of the molecule is CCOC(=O)/C=C\C(Cl)(Cl)[C@@H](NS(=O)(=O)C(C)(C)C)C(C)C. The highest BCUT2D eigenvalue weighted by molar-refractivity contribution is 7.90. The first-order chi connectivity index (χ1) is 9.74. The van der Waals surface area contributed by atoms with Crippen molar-refractivity contribution in [3.8, 4) is 0 Å². The van der Waals surface area contributed by atoms with Gasteiger partial charge < -0.3 is 4.74 Å². The fourth-order valence-corrected chi connectivity index (χ4v) is 3.49. The van der Waals surface area contributed by atoms with E-state index in [4.69, 9.17) is 27.9 Å². The average molecular weight is 374 g/mol. The molecular formula is C14H25Cl2NO4S. The normalized spacial score (nSPS) is 15.3. The standard InChI is InChI=1S/C14H25Cl2NO4S/c1-7-21-11(18)8-9-14(15,16)12(10(2)3)17-22(19,20)13(4,5)6/h8-10,12,17H,7H2,1-6H3/b9-8-/t12-/m0/s1. The van der Waals surface area contributed by atoms with Crippen LogP contribution in [0.4, 0.5) is 0 Å². The van der Waals surface area contributed by atoms with E-state index in [0.29, 0.717) is 0 Å². The molecule has 0 saturated heterocycles. The minimum absolute atomic E-state index is 0.195. The summed E-state index contributed by atoms with van der Waals surface area (Å²) < 4.78 is 29.3. The van der Waals surface area contributed by atoms with Crippen LogP contribution in [0.25, 0.3) is 0 Å². The number of hydrogen-bond donors (Lipinski definition) is 1. The smallest absolute Gasteiger partial charge is 0.330 e. The second kappa shape index (κ2) is 7.99. The molecular weight excluding hydrogens is 349 g/mol. The van der Waals surface area contributed by atoms with Gasteiger partial charge in [-0.15, -0.1) is 0 Å². The molecule has 1 atom stereocenters. The molecule has 0 aliphatic heterocycles. The second-order valence-corrected chi connectivity index (χ2v) is 10.1. The fourth-order valence-electron chi connectivity index (χ4n) is 1.48. The van der Waals surface area contributed by atoms with Crippen LogP contribution in [0.15, 0.2) is 12.2 Å². The number of hydrogen-bond acceptors (Lipinski definition) is 4. The highest BCUT2D eigenvalue weighted by atomic mass is 35.5. The van der Waals surface area contributed by atoms with Crippen LogP contribution in [0, 0.1) is 5.92 Å². The molecule has 0 unspecified atom stereocenters. The molecule has 0 radical (unpaired) electrons. The fraction of sp³-hybridized carbons (Fsp3) is 0.786. The molecule has 0 heterocycles. The van der Waals surface area contributed by atoms with Crippen LogP contribution in [0.5, 0.6) is 0 Å². The van der Waals surface area contributed by atoms with Gasteiger partial charge in [-0.2, -0.15) is 0 Å². The molecule has 130 valence electrons. The van der Waals surface area contributed by atoms with E-state index < -0.39 is 31.1 Å². The topological polar surface area (TPSA) is 72.5 Å². The Kier molecular flexibility index (Phi) is 7.89. The van der Waals surface area contributed by atoms with Crippen molar-refractivity contribution in [3.05, 3.63) is 12.2 Å². The van der Waals surface area contributed by atoms with Gasteiger partial charge in [-0.1, -0.05) is 37.0 Å². The van der Waals surface area contributed by atoms with E-state index in [1.54, 1.807) is 41.5 Å². The van der Waals surface area contributed by atoms with Gasteiger partial charge in [0.15, 0.2) is 4.33 Å². The Hall–Kier alpha value is -0.300. The zero-order valence-corrected chi connectivity index (χ0v) is 16.1. The Morgan fingerprint density at radius 1 is 1.27 bits per heavy atom. The van der Waals surface area contributed by atoms with Crippen LogP contribution in [-0.4, -0.2) is 36.1 Å². The molecule has 5 nitrogen and oxygen atoms in total. The molecule has 22 heavy (non-hydrogen) atoms. The molecule has 0 amide bonds. The number of carbonyl (C=O) groups is 1. The Labute approximate surface area is 143 Å². The lowest BCUT2D eigenvalue weighted by atomic mass is 10.0. The van der Waals surface area contributed by atoms with Crippen molar-refractivity contribution in [1.29, 1.82) is 0 Å². The molecule has 0 aliphatic carbocycles. The molecule has 8 heteroatoms. The van der Waals surface area contributed by atoms with Crippen LogP contribution in [-0.2, 0) is 19.6 Å². The van der Waals surface area contributed by atoms with Crippen LogP contribution in [0.3, 0.4) is 0 Å². The van der Waals surface area contributed by atoms with E-state index in [9.17, 15) is 13.2 Å². The predicted molar refractivity (Wildman–Crippen MR) is 90.6 cm³/mol. The Bertz CT molecular complexity index is 507. The van der Waals surface area contributed by atoms with Gasteiger partial charge in [0.25, 0.3) is 0 Å². The van der Waals surface area contributed by atoms with E-state index in [1.165, 1.54) is 6.08 Å². The predicted octanol–water partition coefficient (Wildman–Crippen LogP) is 3.02. The maximum absolute atomic E-state index is 12.3. The van der Waals surface area contributed by atoms with Crippen LogP contribution in [0.1, 0.15) is 41.5 Å². The van der Waals surface area contributed by atoms with Gasteiger partial charge in [0.05, 0.1) is 17.4 Å². The molecule has 0 aliphatic rings. The Balaban J connectivity index is 5.37. The van der Waals surface area contributed by atoms with Gasteiger partial charge >= 0.3 is 5.97 Å². The largest absolute Gasteiger partial charge is 0.463 e. The molecule has 1 N–H and O–H groups in total. The van der Waals surface area contributed by atoms with Crippen LogP contribution < -0.4 is 4.72 Å². The van der Waals surface area contributed by atoms with Crippen LogP contribution in [0.2, 0.25) is 0 Å². The summed E-state index contributed by atoms with van der Waals surface area (Å²) in [7, 11) is -3.64. The Morgan fingerprint density at radius 2 is 1.77 bits per heavy atom. The van der Waals surface area contributed by atoms with Gasteiger partial charge in [-0.05, 0) is 39.7 Å². The average Bonchev–Trinajstić information content (AvgIpc) is 2.32. The summed E-state index contributed by atoms with van der Waals surface area (Å²) in [6, 6.07) is -0.800. The molecule has 0 rings (SSSR count). The summed E-state index contributed by atoms with van der Waals surface area (Å²) in [6.45, 7) is 10.2. The first kappa shape index (κ1) is 21.7. The first-order valence-electron chi connectivity index (χ1n) is 7.00. The van der Waals surface area contributed by atoms with Crippen molar-refractivity contribution in [2.75, 3.05) is 6.61 Å². The molecule has 0 bridgehead atoms. The van der Waals surface area contributed by atoms with Crippen molar-refractivity contribution in [3.63, 3.8) is 0 Å². The second-order valence-electron chi connectivity index (χ2n) is 6.22. The summed E-state index contributed by atoms with van der Waals surface area (Å²) in [5.41, 5.74) is 0. The van der Waals surface area contributed by atoms with E-state index in [0.717, 1.165) is 6.08 Å². The van der Waals surface area contributed by atoms with Gasteiger partial charge in [-0.3, -0.25) is 0 Å². The minimum Gasteiger partial charge on any atom is -0.463 e. The highest BCUT2D eigenvalue weighted by Gasteiger charge is 2.41. The third-order valence-corrected chi connectivity index (χ3v) is 5.80. The van der Waals surface area contributed by atoms with Crippen molar-refractivity contribution >= 4 is 39.2 Å². The van der Waals surface area contributed by atoms with Gasteiger partial charge in [0, 0.05) is 6.08 Å². The number of halogens is 2. The number of ether oxygens (including phenoxy) is 1. The number of esters is 1. The summed E-state index contributed by atoms with van der Waals surface area (Å²) in [6.07, 6.45) is 2.34. The third kappa shape index (κ3) is 6.44. The number of nitrogens with one attached hydrogen (secondary N) is 1. The molecule has 0 fully saturated rings. The zero-order chi connectivity index (χ0) is 17.8. The summed E-state index contributed by atoms with van der Waals surface area (Å²) in [5.74, 6) is -0.784. The maximum Gasteiger partial charge on any atom is 0.330 e. The quantitative estimate of drug-likeness (QED) is 0.422. The van der Waals surface area contributed by atoms with E-state index in [1.807, 2.05) is 0 Å². The lowest BCUT2D eigenvalue weighted by molar-refractivity contribution is -0.137. The molecule has 0 aromatic heterocycles. The van der Waals surface area contributed by atoms with Crippen LogP contribution >= 0.6 is 23.2 Å². The minimum atomic E-state index is -3.64. The Morgan fingerprint density at radius 3 is 2.14 bits per heavy atom. The summed E-state index contributed by atoms with van der Waals surface area (Å²) in [4.78, 5) is 11.4. The first-order valence-corrected chi connectivity index (χ1v) is 9.24. The maximum atomic E-state index is 12.3. The summed E-state index contributed by atoms with van der Waals surface area (Å²) >= 11 is 12.5. The number of alkyl halides is 2. The monoisotopic (exact) mass is 373 g/mol. The van der Waals surface area contributed by atoms with Gasteiger partial charge in [0.1, 0.15) is 0 Å². The van der Waals surface area contributed by atoms with Gasteiger partial charge in [-0.25, -0.2) is 17.9 Å². The highest BCUT2D eigenvalue weighted by Crippen LogP contribution is 2.33. The molecule has 0 aromatic carbocycles.